The first-order valence-electron chi connectivity index (χ1n) is 9.74. The van der Waals surface area contributed by atoms with E-state index in [1.807, 2.05) is 0 Å². The van der Waals surface area contributed by atoms with E-state index in [4.69, 9.17) is 0 Å². The van der Waals surface area contributed by atoms with Gasteiger partial charge in [-0.05, 0) is 67.6 Å². The average Bonchev–Trinajstić information content (AvgIpc) is 2.95. The normalized spacial score (nSPS) is 20.9. The summed E-state index contributed by atoms with van der Waals surface area (Å²) in [6.07, 6.45) is -4.90. The summed E-state index contributed by atoms with van der Waals surface area (Å²) < 4.78 is 44.1. The van der Waals surface area contributed by atoms with E-state index in [1.165, 1.54) is 21.9 Å². The maximum Gasteiger partial charge on any atom is 0.573 e. The third-order valence-corrected chi connectivity index (χ3v) is 6.45. The first-order chi connectivity index (χ1) is 15.5. The molecule has 0 saturated carbocycles. The Kier molecular flexibility index (Phi) is 6.19. The van der Waals surface area contributed by atoms with Crippen molar-refractivity contribution in [3.8, 4) is 5.75 Å². The highest BCUT2D eigenvalue weighted by atomic mass is 79.9. The number of benzene rings is 3. The Morgan fingerprint density at radius 2 is 1.48 bits per heavy atom. The van der Waals surface area contributed by atoms with Crippen LogP contribution >= 0.6 is 31.9 Å². The van der Waals surface area contributed by atoms with Crippen LogP contribution in [0.1, 0.15) is 12.5 Å². The van der Waals surface area contributed by atoms with E-state index in [0.717, 1.165) is 21.1 Å². The van der Waals surface area contributed by atoms with E-state index in [9.17, 15) is 23.1 Å². The second kappa shape index (κ2) is 8.66. The molecular weight excluding hydrogens is 569 g/mol. The number of anilines is 2. The highest BCUT2D eigenvalue weighted by Crippen LogP contribution is 2.45. The first kappa shape index (κ1) is 23.6. The lowest BCUT2D eigenvalue weighted by Crippen LogP contribution is -2.48. The van der Waals surface area contributed by atoms with Crippen molar-refractivity contribution in [3.63, 3.8) is 0 Å². The minimum Gasteiger partial charge on any atom is -0.406 e. The molecule has 2 amide bonds. The number of amides is 2. The van der Waals surface area contributed by atoms with Crippen LogP contribution < -0.4 is 14.5 Å². The zero-order valence-electron chi connectivity index (χ0n) is 17.1. The minimum atomic E-state index is -4.90. The Bertz CT molecular complexity index is 1170. The quantitative estimate of drug-likeness (QED) is 0.367. The van der Waals surface area contributed by atoms with Gasteiger partial charge in [0.15, 0.2) is 5.72 Å². The van der Waals surface area contributed by atoms with Gasteiger partial charge < -0.3 is 9.84 Å². The maximum atomic E-state index is 13.6. The molecule has 10 heteroatoms. The zero-order chi connectivity index (χ0) is 24.0. The number of ether oxygens (including phenoxy) is 1. The van der Waals surface area contributed by atoms with Gasteiger partial charge in [-0.15, -0.1) is 13.2 Å². The number of nitrogens with zero attached hydrogens (tertiary/aromatic N) is 2. The Labute approximate surface area is 204 Å². The van der Waals surface area contributed by atoms with Gasteiger partial charge in [-0.2, -0.15) is 0 Å². The smallest absolute Gasteiger partial charge is 0.406 e. The molecule has 0 bridgehead atoms. The summed E-state index contributed by atoms with van der Waals surface area (Å²) in [6, 6.07) is 17.3. The van der Waals surface area contributed by atoms with Crippen LogP contribution in [0, 0.1) is 0 Å². The van der Waals surface area contributed by atoms with E-state index in [0.29, 0.717) is 11.4 Å². The maximum absolute atomic E-state index is 13.6. The number of hydrogen-bond donors (Lipinski definition) is 1. The molecule has 1 aliphatic heterocycles. The molecule has 1 heterocycles. The van der Waals surface area contributed by atoms with Crippen molar-refractivity contribution in [2.75, 3.05) is 9.80 Å². The van der Waals surface area contributed by atoms with Gasteiger partial charge in [0.1, 0.15) is 5.75 Å². The number of rotatable bonds is 4. The van der Waals surface area contributed by atoms with Crippen molar-refractivity contribution >= 4 is 49.3 Å². The molecule has 0 radical (unpaired) electrons. The molecular formula is C23H17Br2F3N2O3. The molecule has 3 aromatic rings. The summed E-state index contributed by atoms with van der Waals surface area (Å²) in [5, 5.41) is 12.0. The molecule has 0 aliphatic carbocycles. The molecule has 1 aliphatic rings. The van der Waals surface area contributed by atoms with Gasteiger partial charge in [-0.1, -0.05) is 44.0 Å². The van der Waals surface area contributed by atoms with Gasteiger partial charge in [0, 0.05) is 25.9 Å². The predicted molar refractivity (Wildman–Crippen MR) is 125 cm³/mol. The summed E-state index contributed by atoms with van der Waals surface area (Å²) >= 11 is 6.70. The third kappa shape index (κ3) is 4.47. The third-order valence-electron chi connectivity index (χ3n) is 5.39. The fourth-order valence-electron chi connectivity index (χ4n) is 3.91. The summed E-state index contributed by atoms with van der Waals surface area (Å²) in [6.45, 7) is 1.64. The van der Waals surface area contributed by atoms with Crippen LogP contribution in [-0.4, -0.2) is 23.5 Å². The summed E-state index contributed by atoms with van der Waals surface area (Å²) in [5.74, 6) is -0.495. The minimum absolute atomic E-state index is 0.0765. The number of hydrogen-bond acceptors (Lipinski definition) is 3. The van der Waals surface area contributed by atoms with Crippen LogP contribution in [0.5, 0.6) is 5.75 Å². The highest BCUT2D eigenvalue weighted by Gasteiger charge is 2.57. The lowest BCUT2D eigenvalue weighted by Gasteiger charge is -2.36. The number of aliphatic hydroxyl groups is 1. The largest absolute Gasteiger partial charge is 0.573 e. The Morgan fingerprint density at radius 3 is 2.03 bits per heavy atom. The number of carbonyl (C=O) groups is 1. The monoisotopic (exact) mass is 584 g/mol. The Hall–Kier alpha value is -2.56. The number of urea groups is 1. The molecule has 2 atom stereocenters. The fraction of sp³-hybridized carbons (Fsp3) is 0.174. The summed E-state index contributed by atoms with van der Waals surface area (Å²) in [7, 11) is 0. The van der Waals surface area contributed by atoms with Crippen molar-refractivity contribution in [2.24, 2.45) is 0 Å². The van der Waals surface area contributed by atoms with Gasteiger partial charge in [-0.3, -0.25) is 9.80 Å². The van der Waals surface area contributed by atoms with Crippen LogP contribution in [0.2, 0.25) is 0 Å². The molecule has 0 spiro atoms. The van der Waals surface area contributed by atoms with Crippen molar-refractivity contribution < 1.29 is 27.8 Å². The number of halogens is 5. The van der Waals surface area contributed by atoms with Gasteiger partial charge in [0.25, 0.3) is 0 Å². The van der Waals surface area contributed by atoms with Gasteiger partial charge in [0.05, 0.1) is 6.04 Å². The molecule has 1 fully saturated rings. The molecule has 1 unspecified atom stereocenters. The van der Waals surface area contributed by atoms with Gasteiger partial charge in [-0.25, -0.2) is 4.79 Å². The molecule has 33 heavy (non-hydrogen) atoms. The predicted octanol–water partition coefficient (Wildman–Crippen LogP) is 6.79. The summed E-state index contributed by atoms with van der Waals surface area (Å²) in [4.78, 5) is 16.2. The molecule has 3 aromatic carbocycles. The van der Waals surface area contributed by atoms with E-state index < -0.39 is 29.9 Å². The van der Waals surface area contributed by atoms with Crippen molar-refractivity contribution in [3.05, 3.63) is 87.3 Å². The van der Waals surface area contributed by atoms with Crippen LogP contribution in [0.15, 0.2) is 81.7 Å². The van der Waals surface area contributed by atoms with E-state index in [-0.39, 0.29) is 5.56 Å². The van der Waals surface area contributed by atoms with Crippen molar-refractivity contribution in [1.29, 1.82) is 0 Å². The van der Waals surface area contributed by atoms with Crippen LogP contribution in [0.3, 0.4) is 0 Å². The molecule has 1 saturated heterocycles. The van der Waals surface area contributed by atoms with Gasteiger partial charge in [0.2, 0.25) is 0 Å². The van der Waals surface area contributed by atoms with Crippen molar-refractivity contribution in [2.45, 2.75) is 25.1 Å². The highest BCUT2D eigenvalue weighted by molar-refractivity contribution is 9.10. The second-order valence-electron chi connectivity index (χ2n) is 7.42. The van der Waals surface area contributed by atoms with Crippen LogP contribution in [0.25, 0.3) is 0 Å². The van der Waals surface area contributed by atoms with E-state index >= 15 is 0 Å². The fourth-order valence-corrected chi connectivity index (χ4v) is 4.44. The first-order valence-corrected chi connectivity index (χ1v) is 11.3. The molecule has 1 N–H and O–H groups in total. The molecule has 5 nitrogen and oxygen atoms in total. The molecule has 172 valence electrons. The molecule has 0 aromatic heterocycles. The lowest BCUT2D eigenvalue weighted by atomic mass is 9.94. The standard InChI is InChI=1S/C23H17Br2F3N2O3/c1-14-22(32,15-3-2-4-20(13-15)33-23(26,27)28)30(19-11-7-17(25)8-12-19)21(31)29(14)18-9-5-16(24)6-10-18/h2-14,32H,1H3/t14-,22?/m1/s1. The van der Waals surface area contributed by atoms with E-state index in [2.05, 4.69) is 36.6 Å². The van der Waals surface area contributed by atoms with Gasteiger partial charge >= 0.3 is 12.4 Å². The van der Waals surface area contributed by atoms with Crippen molar-refractivity contribution in [1.82, 2.24) is 0 Å². The average molecular weight is 586 g/mol. The Morgan fingerprint density at radius 1 is 0.939 bits per heavy atom. The summed E-state index contributed by atoms with van der Waals surface area (Å²) in [5.41, 5.74) is -1.02. The second-order valence-corrected chi connectivity index (χ2v) is 9.25. The zero-order valence-corrected chi connectivity index (χ0v) is 20.2. The van der Waals surface area contributed by atoms with Crippen LogP contribution in [0.4, 0.5) is 29.3 Å². The van der Waals surface area contributed by atoms with E-state index in [1.54, 1.807) is 55.5 Å². The SMILES string of the molecule is C[C@H]1N(c2ccc(Br)cc2)C(=O)N(c2ccc(Br)cc2)C1(O)c1cccc(OC(F)(F)F)c1. The van der Waals surface area contributed by atoms with Crippen LogP contribution in [-0.2, 0) is 5.72 Å². The lowest BCUT2D eigenvalue weighted by molar-refractivity contribution is -0.274. The number of alkyl halides is 3. The number of carbonyl (C=O) groups excluding carboxylic acids is 1. The Balaban J connectivity index is 1.87. The molecule has 4 rings (SSSR count). The topological polar surface area (TPSA) is 53.0 Å².